The van der Waals surface area contributed by atoms with Crippen molar-refractivity contribution < 1.29 is 9.53 Å². The first-order chi connectivity index (χ1) is 15.1. The number of ether oxygens (including phenoxy) is 1. The summed E-state index contributed by atoms with van der Waals surface area (Å²) in [5.41, 5.74) is 3.11. The number of nitrogens with zero attached hydrogens (tertiary/aromatic N) is 2. The average molecular weight is 423 g/mol. The zero-order valence-electron chi connectivity index (χ0n) is 18.8. The Morgan fingerprint density at radius 3 is 2.52 bits per heavy atom. The maximum absolute atomic E-state index is 11.5. The second-order valence-corrected chi connectivity index (χ2v) is 8.11. The van der Waals surface area contributed by atoms with Crippen molar-refractivity contribution in [2.24, 2.45) is 4.99 Å². The number of benzene rings is 2. The average Bonchev–Trinajstić information content (AvgIpc) is 2.80. The van der Waals surface area contributed by atoms with E-state index in [0.717, 1.165) is 44.9 Å². The fourth-order valence-corrected chi connectivity index (χ4v) is 4.04. The lowest BCUT2D eigenvalue weighted by atomic mass is 9.97. The third-order valence-electron chi connectivity index (χ3n) is 5.89. The van der Waals surface area contributed by atoms with E-state index in [1.54, 1.807) is 12.1 Å². The molecule has 0 saturated carbocycles. The normalized spacial score (nSPS) is 19.6. The van der Waals surface area contributed by atoms with Gasteiger partial charge in [0.1, 0.15) is 0 Å². The molecule has 6 heteroatoms. The van der Waals surface area contributed by atoms with Crippen molar-refractivity contribution in [2.75, 3.05) is 27.2 Å². The van der Waals surface area contributed by atoms with Crippen LogP contribution in [-0.2, 0) is 17.7 Å². The van der Waals surface area contributed by atoms with Gasteiger partial charge in [-0.3, -0.25) is 9.89 Å². The predicted molar refractivity (Wildman–Crippen MR) is 125 cm³/mol. The molecule has 6 nitrogen and oxygen atoms in total. The first-order valence-electron chi connectivity index (χ1n) is 11.0. The van der Waals surface area contributed by atoms with Gasteiger partial charge in [-0.1, -0.05) is 42.5 Å². The van der Waals surface area contributed by atoms with Crippen molar-refractivity contribution in [3.8, 4) is 0 Å². The third kappa shape index (κ3) is 6.82. The van der Waals surface area contributed by atoms with Crippen molar-refractivity contribution in [1.29, 1.82) is 0 Å². The Kier molecular flexibility index (Phi) is 8.47. The van der Waals surface area contributed by atoms with Gasteiger partial charge < -0.3 is 15.4 Å². The monoisotopic (exact) mass is 422 g/mol. The number of likely N-dealkylation sites (tertiary alicyclic amines) is 1. The van der Waals surface area contributed by atoms with E-state index >= 15 is 0 Å². The SMILES string of the molecule is CN=C(NCCc1ccc(C(=O)OC)cc1)NC1CCN(Cc2ccccc2)C(C)C1. The molecule has 31 heavy (non-hydrogen) atoms. The van der Waals surface area contributed by atoms with Gasteiger partial charge >= 0.3 is 5.97 Å². The molecule has 166 valence electrons. The van der Waals surface area contributed by atoms with E-state index in [9.17, 15) is 4.79 Å². The highest BCUT2D eigenvalue weighted by atomic mass is 16.5. The Balaban J connectivity index is 1.41. The number of piperidine rings is 1. The van der Waals surface area contributed by atoms with Gasteiger partial charge in [0, 0.05) is 38.8 Å². The molecule has 2 aromatic rings. The zero-order chi connectivity index (χ0) is 22.1. The van der Waals surface area contributed by atoms with Crippen LogP contribution in [0.3, 0.4) is 0 Å². The van der Waals surface area contributed by atoms with Crippen LogP contribution in [0, 0.1) is 0 Å². The number of hydrogen-bond acceptors (Lipinski definition) is 4. The third-order valence-corrected chi connectivity index (χ3v) is 5.89. The molecule has 3 rings (SSSR count). The molecule has 0 aromatic heterocycles. The van der Waals surface area contributed by atoms with Crippen LogP contribution in [0.4, 0.5) is 0 Å². The molecule has 1 aliphatic rings. The molecule has 2 unspecified atom stereocenters. The van der Waals surface area contributed by atoms with Crippen LogP contribution < -0.4 is 10.6 Å². The van der Waals surface area contributed by atoms with Crippen LogP contribution in [0.2, 0.25) is 0 Å². The highest BCUT2D eigenvalue weighted by Gasteiger charge is 2.25. The van der Waals surface area contributed by atoms with E-state index in [2.05, 4.69) is 57.8 Å². The lowest BCUT2D eigenvalue weighted by molar-refractivity contribution is 0.0600. The molecule has 1 fully saturated rings. The van der Waals surface area contributed by atoms with Gasteiger partial charge in [0.25, 0.3) is 0 Å². The number of hydrogen-bond donors (Lipinski definition) is 2. The number of aliphatic imine (C=N–C) groups is 1. The first kappa shape index (κ1) is 22.8. The maximum atomic E-state index is 11.5. The molecular formula is C25H34N4O2. The number of carbonyl (C=O) groups is 1. The van der Waals surface area contributed by atoms with E-state index in [4.69, 9.17) is 4.74 Å². The lowest BCUT2D eigenvalue weighted by Crippen LogP contribution is -2.51. The number of carbonyl (C=O) groups excluding carboxylic acids is 1. The summed E-state index contributed by atoms with van der Waals surface area (Å²) >= 11 is 0. The summed E-state index contributed by atoms with van der Waals surface area (Å²) in [5.74, 6) is 0.540. The molecule has 0 spiro atoms. The highest BCUT2D eigenvalue weighted by Crippen LogP contribution is 2.20. The Bertz CT molecular complexity index is 852. The van der Waals surface area contributed by atoms with Crippen molar-refractivity contribution in [3.63, 3.8) is 0 Å². The predicted octanol–water partition coefficient (Wildman–Crippen LogP) is 3.23. The molecule has 0 amide bonds. The Morgan fingerprint density at radius 1 is 1.13 bits per heavy atom. The Morgan fingerprint density at radius 2 is 1.87 bits per heavy atom. The maximum Gasteiger partial charge on any atom is 0.337 e. The van der Waals surface area contributed by atoms with E-state index in [-0.39, 0.29) is 5.97 Å². The topological polar surface area (TPSA) is 66.0 Å². The van der Waals surface area contributed by atoms with Crippen LogP contribution in [0.25, 0.3) is 0 Å². The second kappa shape index (κ2) is 11.5. The summed E-state index contributed by atoms with van der Waals surface area (Å²) in [5, 5.41) is 7.00. The highest BCUT2D eigenvalue weighted by molar-refractivity contribution is 5.89. The van der Waals surface area contributed by atoms with Gasteiger partial charge in [-0.25, -0.2) is 4.79 Å². The number of nitrogens with one attached hydrogen (secondary N) is 2. The van der Waals surface area contributed by atoms with Gasteiger partial charge in [0.15, 0.2) is 5.96 Å². The number of methoxy groups -OCH3 is 1. The van der Waals surface area contributed by atoms with Crippen LogP contribution in [0.5, 0.6) is 0 Å². The molecule has 0 radical (unpaired) electrons. The first-order valence-corrected chi connectivity index (χ1v) is 11.0. The van der Waals surface area contributed by atoms with E-state index in [0.29, 0.717) is 17.6 Å². The minimum atomic E-state index is -0.307. The van der Waals surface area contributed by atoms with Crippen LogP contribution in [0.1, 0.15) is 41.3 Å². The Hall–Kier alpha value is -2.86. The molecule has 1 heterocycles. The van der Waals surface area contributed by atoms with E-state index < -0.39 is 0 Å². The molecule has 0 aliphatic carbocycles. The van der Waals surface area contributed by atoms with Gasteiger partial charge in [0.2, 0.25) is 0 Å². The zero-order valence-corrected chi connectivity index (χ0v) is 18.8. The van der Waals surface area contributed by atoms with Gasteiger partial charge in [-0.2, -0.15) is 0 Å². The number of esters is 1. The van der Waals surface area contributed by atoms with Crippen molar-refractivity contribution in [1.82, 2.24) is 15.5 Å². The standard InChI is InChI=1S/C25H34N4O2/c1-19-17-23(14-16-29(19)18-21-7-5-4-6-8-21)28-25(26-2)27-15-13-20-9-11-22(12-10-20)24(30)31-3/h4-12,19,23H,13-18H2,1-3H3,(H2,26,27,28). The van der Waals surface area contributed by atoms with Crippen LogP contribution in [0.15, 0.2) is 59.6 Å². The van der Waals surface area contributed by atoms with Crippen molar-refractivity contribution in [3.05, 3.63) is 71.3 Å². The fourth-order valence-electron chi connectivity index (χ4n) is 4.04. The summed E-state index contributed by atoms with van der Waals surface area (Å²) in [6.07, 6.45) is 3.06. The van der Waals surface area contributed by atoms with Gasteiger partial charge in [-0.05, 0) is 49.4 Å². The molecule has 1 saturated heterocycles. The van der Waals surface area contributed by atoms with Gasteiger partial charge in [-0.15, -0.1) is 0 Å². The molecule has 1 aliphatic heterocycles. The smallest absolute Gasteiger partial charge is 0.337 e. The van der Waals surface area contributed by atoms with E-state index in [1.165, 1.54) is 18.2 Å². The molecule has 0 bridgehead atoms. The summed E-state index contributed by atoms with van der Waals surface area (Å²) < 4.78 is 4.74. The lowest BCUT2D eigenvalue weighted by Gasteiger charge is -2.38. The van der Waals surface area contributed by atoms with Crippen molar-refractivity contribution in [2.45, 2.75) is 44.8 Å². The second-order valence-electron chi connectivity index (χ2n) is 8.11. The summed E-state index contributed by atoms with van der Waals surface area (Å²) in [4.78, 5) is 18.5. The number of rotatable bonds is 7. The summed E-state index contributed by atoms with van der Waals surface area (Å²) in [6.45, 7) is 5.18. The van der Waals surface area contributed by atoms with Crippen LogP contribution >= 0.6 is 0 Å². The summed E-state index contributed by atoms with van der Waals surface area (Å²) in [7, 11) is 3.21. The van der Waals surface area contributed by atoms with Crippen LogP contribution in [-0.4, -0.2) is 56.2 Å². The van der Waals surface area contributed by atoms with Gasteiger partial charge in [0.05, 0.1) is 12.7 Å². The largest absolute Gasteiger partial charge is 0.465 e. The molecule has 2 N–H and O–H groups in total. The number of guanidine groups is 1. The summed E-state index contributed by atoms with van der Waals surface area (Å²) in [6, 6.07) is 19.2. The minimum absolute atomic E-state index is 0.307. The quantitative estimate of drug-likeness (QED) is 0.407. The molecule has 2 aromatic carbocycles. The molecular weight excluding hydrogens is 388 g/mol. The van der Waals surface area contributed by atoms with E-state index in [1.807, 2.05) is 19.2 Å². The van der Waals surface area contributed by atoms with Crippen molar-refractivity contribution >= 4 is 11.9 Å². The minimum Gasteiger partial charge on any atom is -0.465 e. The Labute approximate surface area is 185 Å². The molecule has 2 atom stereocenters. The fraction of sp³-hybridized carbons (Fsp3) is 0.440.